The molecule has 0 saturated carbocycles. The third-order valence-corrected chi connectivity index (χ3v) is 2.50. The molecule has 0 spiro atoms. The highest BCUT2D eigenvalue weighted by molar-refractivity contribution is 5.64. The van der Waals surface area contributed by atoms with E-state index >= 15 is 0 Å². The Bertz CT molecular complexity index is 457. The van der Waals surface area contributed by atoms with Gasteiger partial charge in [-0.15, -0.1) is 0 Å². The zero-order valence-electron chi connectivity index (χ0n) is 10.3. The van der Waals surface area contributed by atoms with Crippen LogP contribution in [0.4, 0.5) is 20.2 Å². The summed E-state index contributed by atoms with van der Waals surface area (Å²) in [6, 6.07) is 1.59. The van der Waals surface area contributed by atoms with Crippen LogP contribution in [-0.2, 0) is 4.74 Å². The van der Waals surface area contributed by atoms with Crippen molar-refractivity contribution in [3.8, 4) is 0 Å². The average Bonchev–Trinajstić information content (AvgIpc) is 2.37. The van der Waals surface area contributed by atoms with Crippen LogP contribution in [0.5, 0.6) is 0 Å². The molecule has 1 N–H and O–H groups in total. The van der Waals surface area contributed by atoms with Gasteiger partial charge in [0.25, 0.3) is 5.69 Å². The third-order valence-electron chi connectivity index (χ3n) is 2.50. The molecule has 0 unspecified atom stereocenters. The zero-order chi connectivity index (χ0) is 14.4. The van der Waals surface area contributed by atoms with Crippen molar-refractivity contribution in [1.82, 2.24) is 0 Å². The molecule has 19 heavy (non-hydrogen) atoms. The van der Waals surface area contributed by atoms with Gasteiger partial charge in [-0.1, -0.05) is 0 Å². The lowest BCUT2D eigenvalue weighted by Crippen LogP contribution is -2.31. The second kappa shape index (κ2) is 6.95. The summed E-state index contributed by atoms with van der Waals surface area (Å²) >= 11 is 0. The summed E-state index contributed by atoms with van der Waals surface area (Å²) in [6.07, 6.45) is 0. The minimum Gasteiger partial charge on any atom is -0.395 e. The number of nitro benzene ring substituents is 1. The van der Waals surface area contributed by atoms with Crippen LogP contribution in [0.15, 0.2) is 12.1 Å². The van der Waals surface area contributed by atoms with Crippen molar-refractivity contribution >= 4 is 11.4 Å². The predicted octanol–water partition coefficient (Wildman–Crippen LogP) is 1.32. The molecule has 0 aliphatic rings. The van der Waals surface area contributed by atoms with E-state index in [1.165, 1.54) is 12.0 Å². The molecule has 0 atom stereocenters. The van der Waals surface area contributed by atoms with Crippen LogP contribution in [0.3, 0.4) is 0 Å². The van der Waals surface area contributed by atoms with Gasteiger partial charge in [0.15, 0.2) is 17.3 Å². The van der Waals surface area contributed by atoms with Crippen molar-refractivity contribution in [2.45, 2.75) is 0 Å². The molecule has 6 nitrogen and oxygen atoms in total. The molecule has 0 aliphatic heterocycles. The first kappa shape index (κ1) is 15.3. The highest BCUT2D eigenvalue weighted by Gasteiger charge is 2.26. The molecule has 0 amide bonds. The van der Waals surface area contributed by atoms with E-state index in [2.05, 4.69) is 0 Å². The molecule has 0 bridgehead atoms. The topological polar surface area (TPSA) is 75.8 Å². The van der Waals surface area contributed by atoms with Crippen molar-refractivity contribution in [2.24, 2.45) is 0 Å². The highest BCUT2D eigenvalue weighted by atomic mass is 19.2. The second-order valence-corrected chi connectivity index (χ2v) is 3.69. The number of anilines is 1. The lowest BCUT2D eigenvalue weighted by molar-refractivity contribution is -0.384. The number of nitrogens with zero attached hydrogens (tertiary/aromatic N) is 2. The Balaban J connectivity index is 3.25. The number of aliphatic hydroxyl groups excluding tert-OH is 1. The standard InChI is InChI=1S/C11H14F2N2O4/c1-19-7-5-14(4-6-16)11-9(15(17)18)3-2-8(12)10(11)13/h2-3,16H,4-7H2,1H3. The van der Waals surface area contributed by atoms with Crippen molar-refractivity contribution in [3.05, 3.63) is 33.9 Å². The molecular formula is C11H14F2N2O4. The Hall–Kier alpha value is -1.80. The molecule has 1 rings (SSSR count). The lowest BCUT2D eigenvalue weighted by atomic mass is 10.2. The van der Waals surface area contributed by atoms with Crippen LogP contribution in [-0.4, -0.2) is 43.4 Å². The Labute approximate surface area is 108 Å². The highest BCUT2D eigenvalue weighted by Crippen LogP contribution is 2.32. The molecule has 1 aromatic carbocycles. The quantitative estimate of drug-likeness (QED) is 0.600. The number of rotatable bonds is 7. The minimum atomic E-state index is -1.31. The number of methoxy groups -OCH3 is 1. The predicted molar refractivity (Wildman–Crippen MR) is 64.2 cm³/mol. The van der Waals surface area contributed by atoms with E-state index in [1.54, 1.807) is 0 Å². The van der Waals surface area contributed by atoms with E-state index in [1.807, 2.05) is 0 Å². The van der Waals surface area contributed by atoms with Crippen LogP contribution in [0, 0.1) is 21.7 Å². The maximum absolute atomic E-state index is 13.8. The van der Waals surface area contributed by atoms with Gasteiger partial charge in [-0.3, -0.25) is 10.1 Å². The van der Waals surface area contributed by atoms with Gasteiger partial charge < -0.3 is 14.7 Å². The lowest BCUT2D eigenvalue weighted by Gasteiger charge is -2.23. The first-order valence-corrected chi connectivity index (χ1v) is 5.50. The zero-order valence-corrected chi connectivity index (χ0v) is 10.3. The van der Waals surface area contributed by atoms with Gasteiger partial charge >= 0.3 is 0 Å². The summed E-state index contributed by atoms with van der Waals surface area (Å²) < 4.78 is 31.8. The third kappa shape index (κ3) is 3.58. The van der Waals surface area contributed by atoms with E-state index in [0.29, 0.717) is 6.07 Å². The normalized spacial score (nSPS) is 10.5. The van der Waals surface area contributed by atoms with Crippen molar-refractivity contribution in [3.63, 3.8) is 0 Å². The maximum atomic E-state index is 13.8. The van der Waals surface area contributed by atoms with Crippen LogP contribution >= 0.6 is 0 Å². The van der Waals surface area contributed by atoms with Gasteiger partial charge in [0.05, 0.1) is 18.1 Å². The van der Waals surface area contributed by atoms with Crippen LogP contribution < -0.4 is 4.90 Å². The molecule has 106 valence electrons. The fraction of sp³-hybridized carbons (Fsp3) is 0.455. The monoisotopic (exact) mass is 276 g/mol. The molecule has 0 aromatic heterocycles. The summed E-state index contributed by atoms with van der Waals surface area (Å²) in [4.78, 5) is 11.2. The van der Waals surface area contributed by atoms with Gasteiger partial charge in [-0.25, -0.2) is 8.78 Å². The summed E-state index contributed by atoms with van der Waals surface area (Å²) in [5, 5.41) is 19.8. The molecular weight excluding hydrogens is 262 g/mol. The Morgan fingerprint density at radius 2 is 2.11 bits per heavy atom. The Morgan fingerprint density at radius 1 is 1.42 bits per heavy atom. The van der Waals surface area contributed by atoms with Gasteiger partial charge in [0.2, 0.25) is 0 Å². The van der Waals surface area contributed by atoms with Crippen molar-refractivity contribution < 1.29 is 23.5 Å². The van der Waals surface area contributed by atoms with E-state index in [4.69, 9.17) is 9.84 Å². The fourth-order valence-corrected chi connectivity index (χ4v) is 1.64. The molecule has 0 heterocycles. The van der Waals surface area contributed by atoms with Crippen molar-refractivity contribution in [1.29, 1.82) is 0 Å². The molecule has 8 heteroatoms. The molecule has 0 radical (unpaired) electrons. The van der Waals surface area contributed by atoms with Gasteiger partial charge in [-0.2, -0.15) is 0 Å². The molecule has 0 fully saturated rings. The van der Waals surface area contributed by atoms with Crippen LogP contribution in [0.25, 0.3) is 0 Å². The van der Waals surface area contributed by atoms with E-state index in [-0.39, 0.29) is 26.3 Å². The summed E-state index contributed by atoms with van der Waals surface area (Å²) in [6.45, 7) is -0.160. The number of nitro groups is 1. The number of benzene rings is 1. The number of aliphatic hydroxyl groups is 1. The SMILES string of the molecule is COCCN(CCO)c1c([N+](=O)[O-])ccc(F)c1F. The molecule has 1 aromatic rings. The van der Waals surface area contributed by atoms with E-state index < -0.39 is 27.9 Å². The minimum absolute atomic E-state index is 0.0649. The van der Waals surface area contributed by atoms with Crippen molar-refractivity contribution in [2.75, 3.05) is 38.3 Å². The summed E-state index contributed by atoms with van der Waals surface area (Å²) in [5.41, 5.74) is -1.03. The summed E-state index contributed by atoms with van der Waals surface area (Å²) in [5.74, 6) is -2.49. The van der Waals surface area contributed by atoms with Gasteiger partial charge in [-0.05, 0) is 6.07 Å². The van der Waals surface area contributed by atoms with Gasteiger partial charge in [0.1, 0.15) is 0 Å². The number of ether oxygens (including phenoxy) is 1. The Morgan fingerprint density at radius 3 is 2.63 bits per heavy atom. The fourth-order valence-electron chi connectivity index (χ4n) is 1.64. The summed E-state index contributed by atoms with van der Waals surface area (Å²) in [7, 11) is 1.41. The second-order valence-electron chi connectivity index (χ2n) is 3.69. The first-order valence-electron chi connectivity index (χ1n) is 5.50. The smallest absolute Gasteiger partial charge is 0.295 e. The van der Waals surface area contributed by atoms with Crippen LogP contribution in [0.1, 0.15) is 0 Å². The van der Waals surface area contributed by atoms with Crippen LogP contribution in [0.2, 0.25) is 0 Å². The molecule has 0 saturated heterocycles. The van der Waals surface area contributed by atoms with E-state index in [9.17, 15) is 18.9 Å². The van der Waals surface area contributed by atoms with Gasteiger partial charge in [0, 0.05) is 26.3 Å². The number of hydrogen-bond donors (Lipinski definition) is 1. The largest absolute Gasteiger partial charge is 0.395 e. The number of hydrogen-bond acceptors (Lipinski definition) is 5. The van der Waals surface area contributed by atoms with E-state index in [0.717, 1.165) is 6.07 Å². The first-order chi connectivity index (χ1) is 9.02. The maximum Gasteiger partial charge on any atom is 0.295 e. The molecule has 0 aliphatic carbocycles. The average molecular weight is 276 g/mol. The number of halogens is 2. The Kier molecular flexibility index (Phi) is 5.58.